The van der Waals surface area contributed by atoms with E-state index in [9.17, 15) is 9.00 Å². The van der Waals surface area contributed by atoms with Crippen LogP contribution in [0, 0.1) is 13.8 Å². The van der Waals surface area contributed by atoms with E-state index in [1.807, 2.05) is 39.2 Å². The topological polar surface area (TPSA) is 104 Å². The molecule has 0 aliphatic heterocycles. The number of methoxy groups -OCH3 is 1. The number of fused-ring (bicyclic) bond motifs is 1. The van der Waals surface area contributed by atoms with Crippen molar-refractivity contribution in [1.29, 1.82) is 0 Å². The molecule has 0 saturated carbocycles. The van der Waals surface area contributed by atoms with Crippen LogP contribution in [0.5, 0.6) is 11.5 Å². The monoisotopic (exact) mass is 431 g/mol. The van der Waals surface area contributed by atoms with Crippen molar-refractivity contribution in [2.24, 2.45) is 0 Å². The van der Waals surface area contributed by atoms with Crippen LogP contribution in [0.1, 0.15) is 37.6 Å². The number of ether oxygens (including phenoxy) is 2. The van der Waals surface area contributed by atoms with E-state index in [1.54, 1.807) is 25.4 Å². The summed E-state index contributed by atoms with van der Waals surface area (Å²) in [7, 11) is 0.110. The smallest absolute Gasteiger partial charge is 0.496 e. The molecule has 1 N–H and O–H groups in total. The highest BCUT2D eigenvalue weighted by Gasteiger charge is 2.26. The highest BCUT2D eigenvalue weighted by atomic mass is 32.2. The number of carboxylic acid groups (broad SMARTS) is 1. The van der Waals surface area contributed by atoms with Crippen LogP contribution in [-0.2, 0) is 22.1 Å². The molecule has 30 heavy (non-hydrogen) atoms. The summed E-state index contributed by atoms with van der Waals surface area (Å²) in [6, 6.07) is 4.82. The largest absolute Gasteiger partial charge is 0.511 e. The first kappa shape index (κ1) is 21.8. The molecule has 0 radical (unpaired) electrons. The summed E-state index contributed by atoms with van der Waals surface area (Å²) in [5.41, 5.74) is 3.30. The Morgan fingerprint density at radius 3 is 2.57 bits per heavy atom. The fourth-order valence-corrected chi connectivity index (χ4v) is 4.85. The molecule has 0 bridgehead atoms. The summed E-state index contributed by atoms with van der Waals surface area (Å²) < 4.78 is 25.5. The second-order valence-corrected chi connectivity index (χ2v) is 9.30. The number of hydrogen-bond acceptors (Lipinski definition) is 6. The van der Waals surface area contributed by atoms with Gasteiger partial charge in [-0.2, -0.15) is 0 Å². The molecule has 1 unspecified atom stereocenters. The average Bonchev–Trinajstić information content (AvgIpc) is 3.03. The van der Waals surface area contributed by atoms with E-state index in [0.29, 0.717) is 16.4 Å². The molecule has 0 amide bonds. The van der Waals surface area contributed by atoms with Gasteiger partial charge in [-0.1, -0.05) is 0 Å². The van der Waals surface area contributed by atoms with Gasteiger partial charge in [-0.15, -0.1) is 0 Å². The normalized spacial score (nSPS) is 12.7. The SMILES string of the molecule is COc1c(C)cnc(CS(=O)c2nc3cc(OC(=O)O)ccc3n2C(C)(C)C)c1C. The Hall–Kier alpha value is -2.94. The number of hydrogen-bond donors (Lipinski definition) is 1. The van der Waals surface area contributed by atoms with Crippen molar-refractivity contribution in [1.82, 2.24) is 14.5 Å². The number of imidazole rings is 1. The van der Waals surface area contributed by atoms with Crippen LogP contribution < -0.4 is 9.47 Å². The lowest BCUT2D eigenvalue weighted by Crippen LogP contribution is -2.25. The Morgan fingerprint density at radius 1 is 1.27 bits per heavy atom. The second-order valence-electron chi connectivity index (χ2n) is 7.96. The van der Waals surface area contributed by atoms with Crippen LogP contribution in [0.3, 0.4) is 0 Å². The van der Waals surface area contributed by atoms with Gasteiger partial charge in [0.05, 0.1) is 40.4 Å². The molecule has 0 spiro atoms. The van der Waals surface area contributed by atoms with Crippen LogP contribution >= 0.6 is 0 Å². The molecule has 3 aromatic rings. The Bertz CT molecular complexity index is 1150. The predicted octanol–water partition coefficient (Wildman–Crippen LogP) is 4.18. The van der Waals surface area contributed by atoms with Gasteiger partial charge in [-0.3, -0.25) is 9.19 Å². The molecule has 1 aromatic carbocycles. The van der Waals surface area contributed by atoms with Gasteiger partial charge in [-0.05, 0) is 46.8 Å². The lowest BCUT2D eigenvalue weighted by molar-refractivity contribution is 0.144. The third kappa shape index (κ3) is 4.16. The summed E-state index contributed by atoms with van der Waals surface area (Å²) in [5.74, 6) is 1.07. The zero-order valence-electron chi connectivity index (χ0n) is 17.8. The maximum Gasteiger partial charge on any atom is 0.511 e. The van der Waals surface area contributed by atoms with Gasteiger partial charge in [0.15, 0.2) is 0 Å². The van der Waals surface area contributed by atoms with Crippen molar-refractivity contribution in [2.75, 3.05) is 7.11 Å². The summed E-state index contributed by atoms with van der Waals surface area (Å²) in [5, 5.41) is 9.25. The average molecular weight is 432 g/mol. The maximum atomic E-state index is 13.4. The standard InChI is InChI=1S/C21H25N3O5S/c1-12-10-22-16(13(2)18(12)28-6)11-30(27)19-23-15-9-14(29-20(25)26)7-8-17(15)24(19)21(3,4)5/h7-10H,11H2,1-6H3,(H,25,26). The minimum atomic E-state index is -1.49. The molecule has 0 aliphatic carbocycles. The third-order valence-electron chi connectivity index (χ3n) is 4.69. The molecular weight excluding hydrogens is 406 g/mol. The van der Waals surface area contributed by atoms with Gasteiger partial charge < -0.3 is 19.1 Å². The molecule has 160 valence electrons. The van der Waals surface area contributed by atoms with E-state index in [-0.39, 0.29) is 11.5 Å². The summed E-state index contributed by atoms with van der Waals surface area (Å²) in [6.07, 6.45) is 0.309. The molecule has 9 heteroatoms. The quantitative estimate of drug-likeness (QED) is 0.477. The minimum absolute atomic E-state index is 0.159. The van der Waals surface area contributed by atoms with Gasteiger partial charge in [0.2, 0.25) is 5.16 Å². The molecule has 2 heterocycles. The van der Waals surface area contributed by atoms with Crippen molar-refractivity contribution in [3.05, 3.63) is 41.2 Å². The molecule has 3 rings (SSSR count). The van der Waals surface area contributed by atoms with Crippen LogP contribution in [0.15, 0.2) is 29.6 Å². The third-order valence-corrected chi connectivity index (χ3v) is 5.91. The highest BCUT2D eigenvalue weighted by molar-refractivity contribution is 7.84. The molecule has 1 atom stereocenters. The number of pyridine rings is 1. The van der Waals surface area contributed by atoms with Crippen molar-refractivity contribution in [2.45, 2.75) is 51.1 Å². The first-order valence-corrected chi connectivity index (χ1v) is 10.7. The van der Waals surface area contributed by atoms with Crippen LogP contribution in [-0.4, -0.2) is 37.1 Å². The maximum absolute atomic E-state index is 13.4. The lowest BCUT2D eigenvalue weighted by Gasteiger charge is -2.24. The van der Waals surface area contributed by atoms with Crippen molar-refractivity contribution < 1.29 is 23.6 Å². The number of aromatic nitrogens is 3. The van der Waals surface area contributed by atoms with E-state index < -0.39 is 22.5 Å². The van der Waals surface area contributed by atoms with E-state index in [4.69, 9.17) is 14.6 Å². The number of aryl methyl sites for hydroxylation is 1. The van der Waals surface area contributed by atoms with Crippen molar-refractivity contribution >= 4 is 28.0 Å². The van der Waals surface area contributed by atoms with Gasteiger partial charge in [0.1, 0.15) is 11.5 Å². The molecular formula is C21H25N3O5S. The highest BCUT2D eigenvalue weighted by Crippen LogP contribution is 2.31. The van der Waals surface area contributed by atoms with E-state index in [1.165, 1.54) is 6.07 Å². The lowest BCUT2D eigenvalue weighted by atomic mass is 10.1. The summed E-state index contributed by atoms with van der Waals surface area (Å²) in [4.78, 5) is 19.9. The van der Waals surface area contributed by atoms with Gasteiger partial charge >= 0.3 is 6.16 Å². The van der Waals surface area contributed by atoms with E-state index in [0.717, 1.165) is 22.4 Å². The van der Waals surface area contributed by atoms with Crippen molar-refractivity contribution in [3.63, 3.8) is 0 Å². The Morgan fingerprint density at radius 2 is 1.97 bits per heavy atom. The number of nitrogens with zero attached hydrogens (tertiary/aromatic N) is 3. The number of rotatable bonds is 5. The predicted molar refractivity (Wildman–Crippen MR) is 114 cm³/mol. The summed E-state index contributed by atoms with van der Waals surface area (Å²) in [6.45, 7) is 9.79. The number of carbonyl (C=O) groups is 1. The molecule has 8 nitrogen and oxygen atoms in total. The van der Waals surface area contributed by atoms with E-state index in [2.05, 4.69) is 9.97 Å². The molecule has 0 saturated heterocycles. The Labute approximate surface area is 177 Å². The van der Waals surface area contributed by atoms with Crippen LogP contribution in [0.4, 0.5) is 4.79 Å². The first-order valence-electron chi connectivity index (χ1n) is 9.34. The van der Waals surface area contributed by atoms with E-state index >= 15 is 0 Å². The summed E-state index contributed by atoms with van der Waals surface area (Å²) >= 11 is 0. The van der Waals surface area contributed by atoms with Crippen molar-refractivity contribution in [3.8, 4) is 11.5 Å². The second kappa shape index (κ2) is 8.06. The first-order chi connectivity index (χ1) is 14.0. The van der Waals surface area contributed by atoms with Gasteiger partial charge in [0.25, 0.3) is 0 Å². The molecule has 0 aliphatic rings. The molecule has 0 fully saturated rings. The number of benzene rings is 1. The zero-order valence-corrected chi connectivity index (χ0v) is 18.7. The van der Waals surface area contributed by atoms with Gasteiger partial charge in [0, 0.05) is 28.9 Å². The van der Waals surface area contributed by atoms with Gasteiger partial charge in [-0.25, -0.2) is 9.78 Å². The fraction of sp³-hybridized carbons (Fsp3) is 0.381. The van der Waals surface area contributed by atoms with Crippen LogP contribution in [0.2, 0.25) is 0 Å². The minimum Gasteiger partial charge on any atom is -0.496 e. The zero-order chi connectivity index (χ0) is 22.2. The Balaban J connectivity index is 2.08. The van der Waals surface area contributed by atoms with Crippen LogP contribution in [0.25, 0.3) is 11.0 Å². The Kier molecular flexibility index (Phi) is 5.85. The fourth-order valence-electron chi connectivity index (χ4n) is 3.41. The molecule has 2 aromatic heterocycles.